The summed E-state index contributed by atoms with van der Waals surface area (Å²) in [5, 5.41) is 28.3. The van der Waals surface area contributed by atoms with E-state index in [-0.39, 0.29) is 0 Å². The summed E-state index contributed by atoms with van der Waals surface area (Å²) >= 11 is 0. The third-order valence-electron chi connectivity index (χ3n) is 1.77. The fourth-order valence-corrected chi connectivity index (χ4v) is 1.07. The average molecular weight is 147 g/mol. The fraction of sp³-hybridized carbons (Fsp3) is 1.00. The van der Waals surface area contributed by atoms with Gasteiger partial charge >= 0.3 is 0 Å². The van der Waals surface area contributed by atoms with Crippen LogP contribution in [-0.2, 0) is 4.74 Å². The Balaban J connectivity index is 2.53. The molecule has 60 valence electrons. The Morgan fingerprint density at radius 2 is 2.00 bits per heavy atom. The summed E-state index contributed by atoms with van der Waals surface area (Å²) < 4.78 is 4.92. The van der Waals surface area contributed by atoms with Crippen molar-refractivity contribution in [1.82, 2.24) is 0 Å². The first-order valence-corrected chi connectivity index (χ1v) is 3.26. The molecule has 1 unspecified atom stereocenters. The van der Waals surface area contributed by atoms with Crippen LogP contribution in [-0.4, -0.2) is 41.2 Å². The van der Waals surface area contributed by atoms with Gasteiger partial charge in [0.2, 0.25) is 0 Å². The van der Waals surface area contributed by atoms with Crippen LogP contribution in [0, 0.1) is 0 Å². The third kappa shape index (κ3) is 1.15. The molecule has 0 bridgehead atoms. The summed E-state index contributed by atoms with van der Waals surface area (Å²) in [5.41, 5.74) is 0. The number of aliphatic hydroxyl groups excluding tert-OH is 2. The van der Waals surface area contributed by atoms with Crippen molar-refractivity contribution in [1.29, 1.82) is 0 Å². The van der Waals surface area contributed by atoms with Crippen LogP contribution in [0.2, 0.25) is 0 Å². The van der Waals surface area contributed by atoms with Gasteiger partial charge in [0.15, 0.2) is 0 Å². The zero-order valence-electron chi connectivity index (χ0n) is 5.73. The van der Waals surface area contributed by atoms with Crippen molar-refractivity contribution in [3.05, 3.63) is 0 Å². The minimum Gasteiger partial charge on any atom is -0.853 e. The molecule has 0 saturated carbocycles. The van der Waals surface area contributed by atoms with Crippen LogP contribution in [0.15, 0.2) is 0 Å². The second-order valence-electron chi connectivity index (χ2n) is 2.53. The lowest BCUT2D eigenvalue weighted by atomic mass is 10.1. The van der Waals surface area contributed by atoms with Gasteiger partial charge in [-0.1, -0.05) is 0 Å². The maximum absolute atomic E-state index is 10.2. The molecule has 1 heterocycles. The first kappa shape index (κ1) is 7.94. The van der Waals surface area contributed by atoms with E-state index in [4.69, 9.17) is 14.9 Å². The fourth-order valence-electron chi connectivity index (χ4n) is 1.07. The third-order valence-corrected chi connectivity index (χ3v) is 1.77. The predicted molar refractivity (Wildman–Crippen MR) is 31.2 cm³/mol. The van der Waals surface area contributed by atoms with Crippen LogP contribution < -0.4 is 5.11 Å². The van der Waals surface area contributed by atoms with Gasteiger partial charge in [0.1, 0.15) is 12.2 Å². The molecule has 4 nitrogen and oxygen atoms in total. The van der Waals surface area contributed by atoms with Crippen LogP contribution >= 0.6 is 0 Å². The summed E-state index contributed by atoms with van der Waals surface area (Å²) in [7, 11) is 0. The van der Waals surface area contributed by atoms with E-state index in [1.807, 2.05) is 0 Å². The van der Waals surface area contributed by atoms with Crippen LogP contribution in [0.1, 0.15) is 6.92 Å². The van der Waals surface area contributed by atoms with E-state index in [0.29, 0.717) is 0 Å². The lowest BCUT2D eigenvalue weighted by Crippen LogP contribution is -2.36. The van der Waals surface area contributed by atoms with E-state index in [2.05, 4.69) is 0 Å². The van der Waals surface area contributed by atoms with Crippen molar-refractivity contribution < 1.29 is 20.1 Å². The van der Waals surface area contributed by atoms with E-state index in [0.717, 1.165) is 0 Å². The van der Waals surface area contributed by atoms with Gasteiger partial charge in [-0.3, -0.25) is 0 Å². The zero-order valence-corrected chi connectivity index (χ0v) is 5.73. The number of ether oxygens (including phenoxy) is 1. The molecular formula is C6H11O4-. The molecule has 0 spiro atoms. The quantitative estimate of drug-likeness (QED) is 0.444. The monoisotopic (exact) mass is 147 g/mol. The highest BCUT2D eigenvalue weighted by molar-refractivity contribution is 4.87. The van der Waals surface area contributed by atoms with Crippen LogP contribution in [0.3, 0.4) is 0 Å². The Kier molecular flexibility index (Phi) is 2.25. The Morgan fingerprint density at radius 1 is 1.40 bits per heavy atom. The molecule has 1 aliphatic rings. The first-order valence-electron chi connectivity index (χ1n) is 3.26. The van der Waals surface area contributed by atoms with Gasteiger partial charge in [-0.15, -0.1) is 6.61 Å². The van der Waals surface area contributed by atoms with Gasteiger partial charge in [-0.05, 0) is 6.92 Å². The number of rotatable bonds is 1. The largest absolute Gasteiger partial charge is 0.853 e. The predicted octanol–water partition coefficient (Wildman–Crippen LogP) is -2.14. The van der Waals surface area contributed by atoms with E-state index in [9.17, 15) is 5.11 Å². The van der Waals surface area contributed by atoms with Gasteiger partial charge in [0.25, 0.3) is 0 Å². The minimum atomic E-state index is -1.01. The second-order valence-corrected chi connectivity index (χ2v) is 2.53. The number of aliphatic hydroxyl groups is 2. The topological polar surface area (TPSA) is 72.8 Å². The number of hydrogen-bond acceptors (Lipinski definition) is 4. The van der Waals surface area contributed by atoms with Gasteiger partial charge < -0.3 is 20.1 Å². The van der Waals surface area contributed by atoms with Crippen molar-refractivity contribution in [3.63, 3.8) is 0 Å². The molecule has 0 aliphatic carbocycles. The van der Waals surface area contributed by atoms with Crippen molar-refractivity contribution in [2.24, 2.45) is 0 Å². The normalized spacial score (nSPS) is 48.0. The molecule has 4 heteroatoms. The molecule has 1 fully saturated rings. The SMILES string of the molecule is C[C@@H]1O[C@H](C[O-])[C@H](O)C1O. The molecule has 10 heavy (non-hydrogen) atoms. The van der Waals surface area contributed by atoms with E-state index < -0.39 is 31.0 Å². The van der Waals surface area contributed by atoms with Crippen molar-refractivity contribution in [2.75, 3.05) is 6.61 Å². The molecule has 1 aliphatic heterocycles. The molecule has 1 rings (SSSR count). The van der Waals surface area contributed by atoms with E-state index >= 15 is 0 Å². The lowest BCUT2D eigenvalue weighted by molar-refractivity contribution is -0.388. The average Bonchev–Trinajstić information content (AvgIpc) is 2.17. The molecule has 0 radical (unpaired) electrons. The summed E-state index contributed by atoms with van der Waals surface area (Å²) in [5.74, 6) is 0. The van der Waals surface area contributed by atoms with Gasteiger partial charge in [0.05, 0.1) is 12.2 Å². The molecule has 1 saturated heterocycles. The Labute approximate surface area is 59.1 Å². The molecular weight excluding hydrogens is 136 g/mol. The Morgan fingerprint density at radius 3 is 2.20 bits per heavy atom. The van der Waals surface area contributed by atoms with Gasteiger partial charge in [-0.25, -0.2) is 0 Å². The first-order chi connectivity index (χ1) is 4.66. The molecule has 2 N–H and O–H groups in total. The van der Waals surface area contributed by atoms with Crippen molar-refractivity contribution in [2.45, 2.75) is 31.3 Å². The summed E-state index contributed by atoms with van der Waals surface area (Å²) in [4.78, 5) is 0. The molecule has 0 aromatic rings. The van der Waals surface area contributed by atoms with E-state index in [1.165, 1.54) is 0 Å². The highest BCUT2D eigenvalue weighted by Crippen LogP contribution is 2.19. The van der Waals surface area contributed by atoms with E-state index in [1.54, 1.807) is 6.92 Å². The van der Waals surface area contributed by atoms with Crippen molar-refractivity contribution in [3.8, 4) is 0 Å². The standard InChI is InChI=1S/C6H11O4/c1-3-5(8)6(9)4(2-7)10-3/h3-6,8-9H,2H2,1H3/q-1/t3-,4+,5?,6-/m0/s1. The summed E-state index contributed by atoms with van der Waals surface area (Å²) in [6, 6.07) is 0. The Bertz CT molecular complexity index is 116. The maximum Gasteiger partial charge on any atom is 0.108 e. The van der Waals surface area contributed by atoms with Crippen molar-refractivity contribution >= 4 is 0 Å². The van der Waals surface area contributed by atoms with Gasteiger partial charge in [0, 0.05) is 0 Å². The molecule has 0 aromatic heterocycles. The highest BCUT2D eigenvalue weighted by Gasteiger charge is 2.37. The molecule has 4 atom stereocenters. The highest BCUT2D eigenvalue weighted by atomic mass is 16.5. The van der Waals surface area contributed by atoms with Crippen LogP contribution in [0.25, 0.3) is 0 Å². The maximum atomic E-state index is 10.2. The summed E-state index contributed by atoms with van der Waals surface area (Å²) in [6.45, 7) is 1.13. The lowest BCUT2D eigenvalue weighted by Gasteiger charge is -2.16. The van der Waals surface area contributed by atoms with Crippen LogP contribution in [0.5, 0.6) is 0 Å². The molecule has 0 amide bonds. The second kappa shape index (κ2) is 2.84. The minimum absolute atomic E-state index is 0.422. The number of hydrogen-bond donors (Lipinski definition) is 2. The molecule has 0 aromatic carbocycles. The smallest absolute Gasteiger partial charge is 0.108 e. The summed E-state index contributed by atoms with van der Waals surface area (Å²) in [6.07, 6.45) is -3.06. The van der Waals surface area contributed by atoms with Gasteiger partial charge in [-0.2, -0.15) is 0 Å². The Hall–Kier alpha value is -0.160. The van der Waals surface area contributed by atoms with Crippen LogP contribution in [0.4, 0.5) is 0 Å². The zero-order chi connectivity index (χ0) is 7.72.